The van der Waals surface area contributed by atoms with Crippen molar-refractivity contribution in [2.24, 2.45) is 0 Å². The summed E-state index contributed by atoms with van der Waals surface area (Å²) in [6, 6.07) is -0.587. The highest BCUT2D eigenvalue weighted by Crippen LogP contribution is 2.19. The number of hydrogen-bond donors (Lipinski definition) is 3. The standard InChI is InChI=1S/C12H19N3O3/c1-12(6-2-3-7-13-12)11(18)14-8-4-5-9(16)15-10(8)17/h8,13H,2-7H2,1H3,(H,14,18)(H,15,16,17). The van der Waals surface area contributed by atoms with E-state index in [0.29, 0.717) is 6.42 Å². The van der Waals surface area contributed by atoms with Gasteiger partial charge < -0.3 is 10.6 Å². The zero-order valence-electron chi connectivity index (χ0n) is 10.5. The maximum absolute atomic E-state index is 12.2. The average Bonchev–Trinajstić information content (AvgIpc) is 2.33. The minimum Gasteiger partial charge on any atom is -0.343 e. The Bertz CT molecular complexity index is 375. The van der Waals surface area contributed by atoms with Gasteiger partial charge in [0.2, 0.25) is 17.7 Å². The lowest BCUT2D eigenvalue weighted by Gasteiger charge is -2.35. The molecule has 6 nitrogen and oxygen atoms in total. The summed E-state index contributed by atoms with van der Waals surface area (Å²) in [7, 11) is 0. The molecule has 0 spiro atoms. The minimum atomic E-state index is -0.597. The first-order chi connectivity index (χ1) is 8.51. The molecule has 0 aromatic carbocycles. The van der Waals surface area contributed by atoms with E-state index in [2.05, 4.69) is 16.0 Å². The number of imide groups is 1. The van der Waals surface area contributed by atoms with Gasteiger partial charge >= 0.3 is 0 Å². The van der Waals surface area contributed by atoms with Gasteiger partial charge in [0.25, 0.3) is 0 Å². The van der Waals surface area contributed by atoms with Crippen LogP contribution in [0.1, 0.15) is 39.0 Å². The summed E-state index contributed by atoms with van der Waals surface area (Å²) in [5, 5.41) is 8.17. The van der Waals surface area contributed by atoms with Gasteiger partial charge in [-0.2, -0.15) is 0 Å². The van der Waals surface area contributed by atoms with Crippen LogP contribution in [0.3, 0.4) is 0 Å². The topological polar surface area (TPSA) is 87.3 Å². The van der Waals surface area contributed by atoms with Crippen LogP contribution in [-0.2, 0) is 14.4 Å². The van der Waals surface area contributed by atoms with E-state index >= 15 is 0 Å². The normalized spacial score (nSPS) is 32.8. The van der Waals surface area contributed by atoms with Gasteiger partial charge in [-0.05, 0) is 39.2 Å². The zero-order valence-corrected chi connectivity index (χ0v) is 10.5. The molecule has 18 heavy (non-hydrogen) atoms. The molecule has 100 valence electrons. The van der Waals surface area contributed by atoms with Crippen LogP contribution in [0.25, 0.3) is 0 Å². The number of rotatable bonds is 2. The number of carbonyl (C=O) groups is 3. The molecule has 0 aromatic heterocycles. The lowest BCUT2D eigenvalue weighted by molar-refractivity contribution is -0.138. The second kappa shape index (κ2) is 5.06. The van der Waals surface area contributed by atoms with Gasteiger partial charge in [-0.3, -0.25) is 19.7 Å². The monoisotopic (exact) mass is 253 g/mol. The number of hydrogen-bond acceptors (Lipinski definition) is 4. The third kappa shape index (κ3) is 2.69. The molecule has 0 aliphatic carbocycles. The van der Waals surface area contributed by atoms with Crippen molar-refractivity contribution in [2.45, 2.75) is 50.6 Å². The van der Waals surface area contributed by atoms with E-state index in [0.717, 1.165) is 25.8 Å². The molecule has 0 bridgehead atoms. The quantitative estimate of drug-likeness (QED) is 0.576. The smallest absolute Gasteiger partial charge is 0.249 e. The van der Waals surface area contributed by atoms with Gasteiger partial charge in [-0.1, -0.05) is 0 Å². The van der Waals surface area contributed by atoms with E-state index in [4.69, 9.17) is 0 Å². The molecule has 6 heteroatoms. The van der Waals surface area contributed by atoms with Crippen LogP contribution in [0, 0.1) is 0 Å². The van der Waals surface area contributed by atoms with Gasteiger partial charge in [0.05, 0.1) is 5.54 Å². The van der Waals surface area contributed by atoms with Crippen LogP contribution in [0.2, 0.25) is 0 Å². The minimum absolute atomic E-state index is 0.156. The van der Waals surface area contributed by atoms with E-state index in [1.165, 1.54) is 0 Å². The molecule has 3 amide bonds. The Morgan fingerprint density at radius 3 is 2.78 bits per heavy atom. The first-order valence-corrected chi connectivity index (χ1v) is 6.41. The van der Waals surface area contributed by atoms with Crippen molar-refractivity contribution in [1.82, 2.24) is 16.0 Å². The average molecular weight is 253 g/mol. The maximum atomic E-state index is 12.2. The van der Waals surface area contributed by atoms with E-state index in [1.807, 2.05) is 6.92 Å². The molecule has 2 heterocycles. The highest BCUT2D eigenvalue weighted by Gasteiger charge is 2.37. The van der Waals surface area contributed by atoms with Crippen molar-refractivity contribution < 1.29 is 14.4 Å². The van der Waals surface area contributed by atoms with Crippen LogP contribution >= 0.6 is 0 Å². The van der Waals surface area contributed by atoms with Crippen molar-refractivity contribution in [3.63, 3.8) is 0 Å². The summed E-state index contributed by atoms with van der Waals surface area (Å²) in [4.78, 5) is 34.7. The summed E-state index contributed by atoms with van der Waals surface area (Å²) < 4.78 is 0. The van der Waals surface area contributed by atoms with Gasteiger partial charge in [0.1, 0.15) is 6.04 Å². The number of piperidine rings is 2. The van der Waals surface area contributed by atoms with E-state index in [1.54, 1.807) is 0 Å². The Labute approximate surface area is 106 Å². The fraction of sp³-hybridized carbons (Fsp3) is 0.750. The summed E-state index contributed by atoms with van der Waals surface area (Å²) in [6.07, 6.45) is 3.51. The van der Waals surface area contributed by atoms with E-state index < -0.39 is 17.5 Å². The Hall–Kier alpha value is -1.43. The molecule has 2 rings (SSSR count). The predicted molar refractivity (Wildman–Crippen MR) is 64.6 cm³/mol. The highest BCUT2D eigenvalue weighted by atomic mass is 16.2. The molecule has 0 radical (unpaired) electrons. The largest absolute Gasteiger partial charge is 0.343 e. The molecule has 2 atom stereocenters. The second-order valence-corrected chi connectivity index (χ2v) is 5.19. The number of carbonyl (C=O) groups excluding carboxylic acids is 3. The third-order valence-corrected chi connectivity index (χ3v) is 3.66. The highest BCUT2D eigenvalue weighted by molar-refractivity contribution is 6.02. The van der Waals surface area contributed by atoms with Crippen molar-refractivity contribution >= 4 is 17.7 Å². The molecule has 2 aliphatic heterocycles. The first kappa shape index (κ1) is 13.0. The fourth-order valence-electron chi connectivity index (χ4n) is 2.40. The fourth-order valence-corrected chi connectivity index (χ4v) is 2.40. The Morgan fingerprint density at radius 2 is 2.17 bits per heavy atom. The number of amides is 3. The summed E-state index contributed by atoms with van der Waals surface area (Å²) >= 11 is 0. The molecule has 2 unspecified atom stereocenters. The van der Waals surface area contributed by atoms with E-state index in [-0.39, 0.29) is 18.2 Å². The third-order valence-electron chi connectivity index (χ3n) is 3.66. The van der Waals surface area contributed by atoms with Crippen LogP contribution in [0.4, 0.5) is 0 Å². The van der Waals surface area contributed by atoms with Crippen molar-refractivity contribution in [2.75, 3.05) is 6.54 Å². The molecule has 0 aromatic rings. The second-order valence-electron chi connectivity index (χ2n) is 5.19. The molecule has 3 N–H and O–H groups in total. The summed E-state index contributed by atoms with van der Waals surface area (Å²) in [5.74, 6) is -0.830. The van der Waals surface area contributed by atoms with Crippen molar-refractivity contribution in [1.29, 1.82) is 0 Å². The molecular formula is C12H19N3O3. The molecule has 2 fully saturated rings. The van der Waals surface area contributed by atoms with E-state index in [9.17, 15) is 14.4 Å². The number of nitrogens with one attached hydrogen (secondary N) is 3. The summed E-state index contributed by atoms with van der Waals surface area (Å²) in [5.41, 5.74) is -0.597. The molecule has 0 saturated carbocycles. The van der Waals surface area contributed by atoms with Crippen molar-refractivity contribution in [3.8, 4) is 0 Å². The molecule has 2 saturated heterocycles. The summed E-state index contributed by atoms with van der Waals surface area (Å²) in [6.45, 7) is 2.67. The van der Waals surface area contributed by atoms with Gasteiger partial charge in [-0.25, -0.2) is 0 Å². The first-order valence-electron chi connectivity index (χ1n) is 6.41. The van der Waals surface area contributed by atoms with Crippen LogP contribution in [-0.4, -0.2) is 35.8 Å². The van der Waals surface area contributed by atoms with Crippen LogP contribution in [0.15, 0.2) is 0 Å². The predicted octanol–water partition coefficient (Wildman–Crippen LogP) is -0.560. The zero-order chi connectivity index (χ0) is 13.2. The van der Waals surface area contributed by atoms with Gasteiger partial charge in [0.15, 0.2) is 0 Å². The van der Waals surface area contributed by atoms with Crippen molar-refractivity contribution in [3.05, 3.63) is 0 Å². The molecule has 2 aliphatic rings. The van der Waals surface area contributed by atoms with Crippen LogP contribution < -0.4 is 16.0 Å². The van der Waals surface area contributed by atoms with Gasteiger partial charge in [-0.15, -0.1) is 0 Å². The lowest BCUT2D eigenvalue weighted by Crippen LogP contribution is -2.61. The Kier molecular flexibility index (Phi) is 3.65. The lowest BCUT2D eigenvalue weighted by atomic mass is 9.89. The molecular weight excluding hydrogens is 234 g/mol. The Balaban J connectivity index is 1.94. The van der Waals surface area contributed by atoms with Crippen LogP contribution in [0.5, 0.6) is 0 Å². The Morgan fingerprint density at radius 1 is 1.39 bits per heavy atom. The maximum Gasteiger partial charge on any atom is 0.249 e. The SMILES string of the molecule is CC1(C(=O)NC2CCC(=O)NC2=O)CCCCN1. The van der Waals surface area contributed by atoms with Gasteiger partial charge in [0, 0.05) is 6.42 Å².